The Balaban J connectivity index is 1.75. The minimum atomic E-state index is -0.726. The topological polar surface area (TPSA) is 107 Å². The lowest BCUT2D eigenvalue weighted by atomic mass is 10.0. The van der Waals surface area contributed by atoms with Crippen LogP contribution in [0.1, 0.15) is 26.6 Å². The normalized spacial score (nSPS) is 11.9. The van der Waals surface area contributed by atoms with E-state index in [1.807, 2.05) is 45.0 Å². The highest BCUT2D eigenvalue weighted by Crippen LogP contribution is 2.12. The largest absolute Gasteiger partial charge is 0.334 e. The number of benzene rings is 2. The van der Waals surface area contributed by atoms with Crippen molar-refractivity contribution in [3.63, 3.8) is 0 Å². The van der Waals surface area contributed by atoms with Crippen LogP contribution in [0, 0.1) is 5.92 Å². The summed E-state index contributed by atoms with van der Waals surface area (Å²) in [7, 11) is 0. The molecule has 0 fully saturated rings. The summed E-state index contributed by atoms with van der Waals surface area (Å²) in [4.78, 5) is 46.8. The van der Waals surface area contributed by atoms with E-state index in [1.165, 1.54) is 0 Å². The summed E-state index contributed by atoms with van der Waals surface area (Å²) in [6.45, 7) is 6.13. The Kier molecular flexibility index (Phi) is 7.02. The lowest BCUT2D eigenvalue weighted by molar-refractivity contribution is -0.134. The smallest absolute Gasteiger partial charge is 0.319 e. The number of likely N-dealkylation sites (N-methyl/N-ethyl adjacent to an activating group) is 1. The molecule has 0 bridgehead atoms. The molecule has 0 aliphatic carbocycles. The molecule has 3 N–H and O–H groups in total. The molecule has 3 rings (SSSR count). The van der Waals surface area contributed by atoms with Gasteiger partial charge in [0.25, 0.3) is 5.56 Å². The van der Waals surface area contributed by atoms with E-state index in [9.17, 15) is 14.4 Å². The van der Waals surface area contributed by atoms with Crippen LogP contribution >= 0.6 is 0 Å². The van der Waals surface area contributed by atoms with Crippen molar-refractivity contribution in [2.24, 2.45) is 5.92 Å². The van der Waals surface area contributed by atoms with Gasteiger partial charge >= 0.3 is 6.03 Å². The zero-order chi connectivity index (χ0) is 22.4. The maximum Gasteiger partial charge on any atom is 0.319 e. The SMILES string of the molecule is CCN(Cc1nc2ccccc2c(=O)[nH]1)C(=O)C(NC(=O)Nc1ccccc1)C(C)C. The van der Waals surface area contributed by atoms with Gasteiger partial charge in [0.2, 0.25) is 5.91 Å². The number of hydrogen-bond donors (Lipinski definition) is 3. The number of nitrogens with one attached hydrogen (secondary N) is 3. The van der Waals surface area contributed by atoms with Crippen molar-refractivity contribution in [2.45, 2.75) is 33.4 Å². The molecule has 0 aliphatic heterocycles. The van der Waals surface area contributed by atoms with Crippen molar-refractivity contribution >= 4 is 28.5 Å². The second-order valence-electron chi connectivity index (χ2n) is 7.57. The number of anilines is 1. The van der Waals surface area contributed by atoms with Gasteiger partial charge < -0.3 is 20.5 Å². The van der Waals surface area contributed by atoms with E-state index in [-0.39, 0.29) is 23.9 Å². The zero-order valence-corrected chi connectivity index (χ0v) is 17.9. The van der Waals surface area contributed by atoms with Gasteiger partial charge in [-0.1, -0.05) is 44.2 Å². The van der Waals surface area contributed by atoms with Crippen LogP contribution in [0.5, 0.6) is 0 Å². The number of H-pyrrole nitrogens is 1. The van der Waals surface area contributed by atoms with Crippen LogP contribution in [0.3, 0.4) is 0 Å². The molecule has 31 heavy (non-hydrogen) atoms. The van der Waals surface area contributed by atoms with Gasteiger partial charge in [-0.05, 0) is 37.1 Å². The quantitative estimate of drug-likeness (QED) is 0.545. The van der Waals surface area contributed by atoms with Crippen molar-refractivity contribution in [1.29, 1.82) is 0 Å². The van der Waals surface area contributed by atoms with Gasteiger partial charge in [-0.3, -0.25) is 9.59 Å². The molecule has 3 amide bonds. The molecule has 1 aromatic heterocycles. The number of aromatic amines is 1. The van der Waals surface area contributed by atoms with Crippen LogP contribution in [-0.4, -0.2) is 39.4 Å². The Morgan fingerprint density at radius 3 is 2.42 bits per heavy atom. The van der Waals surface area contributed by atoms with Gasteiger partial charge in [0.15, 0.2) is 0 Å². The summed E-state index contributed by atoms with van der Waals surface area (Å²) < 4.78 is 0. The molecule has 1 unspecified atom stereocenters. The van der Waals surface area contributed by atoms with Crippen LogP contribution < -0.4 is 16.2 Å². The molecular formula is C23H27N5O3. The monoisotopic (exact) mass is 421 g/mol. The molecule has 0 aliphatic rings. The number of urea groups is 1. The number of carbonyl (C=O) groups is 2. The van der Waals surface area contributed by atoms with Crippen LogP contribution in [0.4, 0.5) is 10.5 Å². The number of nitrogens with zero attached hydrogens (tertiary/aromatic N) is 2. The number of aromatic nitrogens is 2. The number of hydrogen-bond acceptors (Lipinski definition) is 4. The van der Waals surface area contributed by atoms with E-state index >= 15 is 0 Å². The highest BCUT2D eigenvalue weighted by Gasteiger charge is 2.28. The highest BCUT2D eigenvalue weighted by atomic mass is 16.2. The molecular weight excluding hydrogens is 394 g/mol. The molecule has 1 heterocycles. The number of para-hydroxylation sites is 2. The predicted octanol–water partition coefficient (Wildman–Crippen LogP) is 3.12. The van der Waals surface area contributed by atoms with E-state index < -0.39 is 12.1 Å². The van der Waals surface area contributed by atoms with E-state index in [4.69, 9.17) is 0 Å². The fourth-order valence-corrected chi connectivity index (χ4v) is 3.28. The number of amides is 3. The van der Waals surface area contributed by atoms with Crippen molar-refractivity contribution < 1.29 is 9.59 Å². The minimum absolute atomic E-state index is 0.133. The molecule has 0 radical (unpaired) electrons. The van der Waals surface area contributed by atoms with E-state index in [2.05, 4.69) is 20.6 Å². The standard InChI is InChI=1S/C23H27N5O3/c1-4-28(14-19-25-18-13-9-8-12-17(18)21(29)26-19)22(30)20(15(2)3)27-23(31)24-16-10-6-5-7-11-16/h5-13,15,20H,4,14H2,1-3H3,(H2,24,27,31)(H,25,26,29). The molecule has 1 atom stereocenters. The summed E-state index contributed by atoms with van der Waals surface area (Å²) in [5, 5.41) is 6.01. The van der Waals surface area contributed by atoms with Crippen LogP contribution in [0.2, 0.25) is 0 Å². The second-order valence-corrected chi connectivity index (χ2v) is 7.57. The van der Waals surface area contributed by atoms with Crippen molar-refractivity contribution in [3.05, 3.63) is 70.8 Å². The molecule has 0 saturated heterocycles. The Morgan fingerprint density at radius 2 is 1.74 bits per heavy atom. The Hall–Kier alpha value is -3.68. The number of fused-ring (bicyclic) bond motifs is 1. The van der Waals surface area contributed by atoms with Crippen LogP contribution in [0.15, 0.2) is 59.4 Å². The van der Waals surface area contributed by atoms with Crippen LogP contribution in [0.25, 0.3) is 10.9 Å². The first-order valence-electron chi connectivity index (χ1n) is 10.3. The molecule has 0 spiro atoms. The molecule has 8 nitrogen and oxygen atoms in total. The van der Waals surface area contributed by atoms with Gasteiger partial charge in [0.05, 0.1) is 17.4 Å². The molecule has 0 saturated carbocycles. The van der Waals surface area contributed by atoms with Gasteiger partial charge in [-0.15, -0.1) is 0 Å². The third-order valence-electron chi connectivity index (χ3n) is 4.95. The fraction of sp³-hybridized carbons (Fsp3) is 0.304. The Morgan fingerprint density at radius 1 is 1.06 bits per heavy atom. The Labute approximate surface area is 180 Å². The minimum Gasteiger partial charge on any atom is -0.334 e. The lowest BCUT2D eigenvalue weighted by Crippen LogP contribution is -2.52. The second kappa shape index (κ2) is 9.88. The average molecular weight is 422 g/mol. The first-order chi connectivity index (χ1) is 14.9. The third kappa shape index (κ3) is 5.48. The summed E-state index contributed by atoms with van der Waals surface area (Å²) >= 11 is 0. The van der Waals surface area contributed by atoms with E-state index in [0.29, 0.717) is 29.0 Å². The van der Waals surface area contributed by atoms with E-state index in [0.717, 1.165) is 0 Å². The molecule has 2 aromatic carbocycles. The van der Waals surface area contributed by atoms with E-state index in [1.54, 1.807) is 35.2 Å². The van der Waals surface area contributed by atoms with Gasteiger partial charge in [0, 0.05) is 12.2 Å². The maximum absolute atomic E-state index is 13.2. The van der Waals surface area contributed by atoms with Crippen LogP contribution in [-0.2, 0) is 11.3 Å². The van der Waals surface area contributed by atoms with Gasteiger partial charge in [0.1, 0.15) is 11.9 Å². The Bertz CT molecular complexity index is 1110. The lowest BCUT2D eigenvalue weighted by Gasteiger charge is -2.28. The van der Waals surface area contributed by atoms with Crippen molar-refractivity contribution in [3.8, 4) is 0 Å². The fourth-order valence-electron chi connectivity index (χ4n) is 3.28. The maximum atomic E-state index is 13.2. The molecule has 3 aromatic rings. The first-order valence-corrected chi connectivity index (χ1v) is 10.3. The first kappa shape index (κ1) is 22.0. The van der Waals surface area contributed by atoms with Crippen molar-refractivity contribution in [1.82, 2.24) is 20.2 Å². The summed E-state index contributed by atoms with van der Waals surface area (Å²) in [5.41, 5.74) is 0.968. The number of carbonyl (C=O) groups excluding carboxylic acids is 2. The number of rotatable bonds is 7. The highest BCUT2D eigenvalue weighted by molar-refractivity contribution is 5.93. The third-order valence-corrected chi connectivity index (χ3v) is 4.95. The molecule has 162 valence electrons. The summed E-state index contributed by atoms with van der Waals surface area (Å²) in [6.07, 6.45) is 0. The average Bonchev–Trinajstić information content (AvgIpc) is 2.76. The predicted molar refractivity (Wildman–Crippen MR) is 121 cm³/mol. The molecule has 8 heteroatoms. The van der Waals surface area contributed by atoms with Gasteiger partial charge in [-0.2, -0.15) is 0 Å². The zero-order valence-electron chi connectivity index (χ0n) is 17.9. The van der Waals surface area contributed by atoms with Gasteiger partial charge in [-0.25, -0.2) is 9.78 Å². The van der Waals surface area contributed by atoms with Crippen molar-refractivity contribution in [2.75, 3.05) is 11.9 Å². The summed E-state index contributed by atoms with van der Waals surface area (Å²) in [6, 6.07) is 14.9. The summed E-state index contributed by atoms with van der Waals surface area (Å²) in [5.74, 6) is 0.0262.